The topological polar surface area (TPSA) is 126 Å². The fourth-order valence-corrected chi connectivity index (χ4v) is 1.97. The third kappa shape index (κ3) is 7.59. The summed E-state index contributed by atoms with van der Waals surface area (Å²) >= 11 is 0. The molecule has 0 aliphatic heterocycles. The lowest BCUT2D eigenvalue weighted by Crippen LogP contribution is -2.49. The second-order valence-corrected chi connectivity index (χ2v) is 5.90. The number of nitrogens with one attached hydrogen (secondary N) is 4. The van der Waals surface area contributed by atoms with Crippen LogP contribution in [0.3, 0.4) is 0 Å². The Labute approximate surface area is 156 Å². The molecule has 0 atom stereocenters. The smallest absolute Gasteiger partial charge is 0.327 e. The van der Waals surface area contributed by atoms with Gasteiger partial charge < -0.3 is 15.4 Å². The third-order valence-corrected chi connectivity index (χ3v) is 3.63. The highest BCUT2D eigenvalue weighted by molar-refractivity contribution is 6.35. The van der Waals surface area contributed by atoms with E-state index in [4.69, 9.17) is 4.74 Å². The Morgan fingerprint density at radius 2 is 1.78 bits per heavy atom. The number of carbonyl (C=O) groups excluding carboxylic acids is 4. The van der Waals surface area contributed by atoms with Gasteiger partial charge in [-0.2, -0.15) is 0 Å². The predicted molar refractivity (Wildman–Crippen MR) is 97.1 cm³/mol. The van der Waals surface area contributed by atoms with Crippen molar-refractivity contribution in [1.82, 2.24) is 21.5 Å². The molecule has 0 aromatic heterocycles. The summed E-state index contributed by atoms with van der Waals surface area (Å²) in [7, 11) is 1.57. The number of amides is 4. The van der Waals surface area contributed by atoms with E-state index >= 15 is 0 Å². The highest BCUT2D eigenvalue weighted by Gasteiger charge is 2.26. The lowest BCUT2D eigenvalue weighted by Gasteiger charge is -2.07. The fraction of sp³-hybridized carbons (Fsp3) is 0.333. The van der Waals surface area contributed by atoms with Crippen molar-refractivity contribution in [3.63, 3.8) is 0 Å². The first-order chi connectivity index (χ1) is 13.0. The Morgan fingerprint density at radius 3 is 2.41 bits per heavy atom. The maximum absolute atomic E-state index is 11.7. The molecular formula is C18H22N4O5. The SMILES string of the molecule is COc1ccc(/C=C/C(=O)NCCC(=O)NNC(=O)C(=O)NC2CC2)cc1. The van der Waals surface area contributed by atoms with Gasteiger partial charge in [0.05, 0.1) is 7.11 Å². The van der Waals surface area contributed by atoms with Crippen LogP contribution in [0.15, 0.2) is 30.3 Å². The average Bonchev–Trinajstić information content (AvgIpc) is 3.48. The van der Waals surface area contributed by atoms with E-state index < -0.39 is 17.7 Å². The van der Waals surface area contributed by atoms with Crippen LogP contribution in [0.25, 0.3) is 6.08 Å². The molecule has 4 amide bonds. The van der Waals surface area contributed by atoms with Crippen LogP contribution in [0.2, 0.25) is 0 Å². The normalized spacial score (nSPS) is 12.9. The van der Waals surface area contributed by atoms with Crippen molar-refractivity contribution in [3.8, 4) is 5.75 Å². The number of benzene rings is 1. The summed E-state index contributed by atoms with van der Waals surface area (Å²) in [4.78, 5) is 46.1. The van der Waals surface area contributed by atoms with Crippen LogP contribution in [0.4, 0.5) is 0 Å². The molecule has 9 nitrogen and oxygen atoms in total. The van der Waals surface area contributed by atoms with Crippen molar-refractivity contribution in [2.75, 3.05) is 13.7 Å². The minimum atomic E-state index is -0.929. The molecule has 0 heterocycles. The van der Waals surface area contributed by atoms with Crippen LogP contribution in [0, 0.1) is 0 Å². The summed E-state index contributed by atoms with van der Waals surface area (Å²) < 4.78 is 5.05. The van der Waals surface area contributed by atoms with Crippen molar-refractivity contribution in [3.05, 3.63) is 35.9 Å². The molecule has 4 N–H and O–H groups in total. The van der Waals surface area contributed by atoms with Gasteiger partial charge in [-0.15, -0.1) is 0 Å². The number of rotatable bonds is 7. The van der Waals surface area contributed by atoms with Crippen LogP contribution in [0.5, 0.6) is 5.75 Å². The Hall–Kier alpha value is -3.36. The quantitative estimate of drug-likeness (QED) is 0.295. The van der Waals surface area contributed by atoms with Crippen molar-refractivity contribution in [1.29, 1.82) is 0 Å². The van der Waals surface area contributed by atoms with Crippen molar-refractivity contribution < 1.29 is 23.9 Å². The largest absolute Gasteiger partial charge is 0.497 e. The van der Waals surface area contributed by atoms with Gasteiger partial charge in [0.25, 0.3) is 0 Å². The van der Waals surface area contributed by atoms with E-state index in [2.05, 4.69) is 16.1 Å². The maximum Gasteiger partial charge on any atom is 0.327 e. The Morgan fingerprint density at radius 1 is 1.07 bits per heavy atom. The van der Waals surface area contributed by atoms with Gasteiger partial charge in [-0.25, -0.2) is 0 Å². The zero-order valence-corrected chi connectivity index (χ0v) is 14.9. The fourth-order valence-electron chi connectivity index (χ4n) is 1.97. The standard InChI is InChI=1S/C18H22N4O5/c1-27-14-7-2-12(3-8-14)4-9-15(23)19-11-10-16(24)21-22-18(26)17(25)20-13-5-6-13/h2-4,7-9,13H,5-6,10-11H2,1H3,(H,19,23)(H,20,25)(H,21,24)(H,22,26)/b9-4+. The molecule has 1 aromatic carbocycles. The van der Waals surface area contributed by atoms with Gasteiger partial charge in [0, 0.05) is 25.1 Å². The summed E-state index contributed by atoms with van der Waals surface area (Å²) in [5, 5.41) is 5.04. The van der Waals surface area contributed by atoms with Gasteiger partial charge in [-0.05, 0) is 36.6 Å². The van der Waals surface area contributed by atoms with E-state index in [1.807, 2.05) is 5.43 Å². The van der Waals surface area contributed by atoms with Gasteiger partial charge in [0.1, 0.15) is 5.75 Å². The van der Waals surface area contributed by atoms with E-state index in [1.54, 1.807) is 37.5 Å². The molecule has 0 bridgehead atoms. The zero-order chi connectivity index (χ0) is 19.6. The Kier molecular flexibility index (Phi) is 7.36. The molecule has 1 aliphatic carbocycles. The number of hydrazine groups is 1. The van der Waals surface area contributed by atoms with Gasteiger partial charge in [-0.1, -0.05) is 12.1 Å². The number of hydrogen-bond acceptors (Lipinski definition) is 5. The minimum Gasteiger partial charge on any atom is -0.497 e. The van der Waals surface area contributed by atoms with E-state index in [0.29, 0.717) is 0 Å². The van der Waals surface area contributed by atoms with Gasteiger partial charge in [0.2, 0.25) is 11.8 Å². The lowest BCUT2D eigenvalue weighted by atomic mass is 10.2. The Balaban J connectivity index is 1.60. The Bertz CT molecular complexity index is 726. The summed E-state index contributed by atoms with van der Waals surface area (Å²) in [5.74, 6) is -1.87. The second kappa shape index (κ2) is 9.95. The molecule has 1 aliphatic rings. The molecule has 1 aromatic rings. The monoisotopic (exact) mass is 374 g/mol. The first-order valence-electron chi connectivity index (χ1n) is 8.47. The molecule has 1 fully saturated rings. The molecule has 144 valence electrons. The minimum absolute atomic E-state index is 0.0490. The molecular weight excluding hydrogens is 352 g/mol. The number of methoxy groups -OCH3 is 1. The molecule has 0 spiro atoms. The molecule has 0 saturated heterocycles. The van der Waals surface area contributed by atoms with Crippen LogP contribution in [0.1, 0.15) is 24.8 Å². The third-order valence-electron chi connectivity index (χ3n) is 3.63. The van der Waals surface area contributed by atoms with Crippen LogP contribution < -0.4 is 26.2 Å². The lowest BCUT2D eigenvalue weighted by molar-refractivity contribution is -0.141. The summed E-state index contributed by atoms with van der Waals surface area (Å²) in [5.41, 5.74) is 4.97. The molecule has 9 heteroatoms. The van der Waals surface area contributed by atoms with E-state index in [9.17, 15) is 19.2 Å². The summed E-state index contributed by atoms with van der Waals surface area (Å²) in [6.45, 7) is 0.0851. The predicted octanol–water partition coefficient (Wildman–Crippen LogP) is -0.359. The van der Waals surface area contributed by atoms with Crippen LogP contribution >= 0.6 is 0 Å². The maximum atomic E-state index is 11.7. The molecule has 0 radical (unpaired) electrons. The first-order valence-corrected chi connectivity index (χ1v) is 8.47. The number of carbonyl (C=O) groups is 4. The molecule has 1 saturated carbocycles. The first kappa shape index (κ1) is 20.0. The van der Waals surface area contributed by atoms with Gasteiger partial charge in [-0.3, -0.25) is 30.0 Å². The highest BCUT2D eigenvalue weighted by atomic mass is 16.5. The number of ether oxygens (including phenoxy) is 1. The van der Waals surface area contributed by atoms with Crippen molar-refractivity contribution in [2.24, 2.45) is 0 Å². The van der Waals surface area contributed by atoms with Gasteiger partial charge >= 0.3 is 11.8 Å². The zero-order valence-electron chi connectivity index (χ0n) is 14.9. The van der Waals surface area contributed by atoms with E-state index in [-0.39, 0.29) is 24.9 Å². The average molecular weight is 374 g/mol. The van der Waals surface area contributed by atoms with Crippen LogP contribution in [-0.2, 0) is 19.2 Å². The van der Waals surface area contributed by atoms with E-state index in [1.165, 1.54) is 6.08 Å². The van der Waals surface area contributed by atoms with Crippen molar-refractivity contribution >= 4 is 29.7 Å². The second-order valence-electron chi connectivity index (χ2n) is 5.90. The van der Waals surface area contributed by atoms with E-state index in [0.717, 1.165) is 24.2 Å². The van der Waals surface area contributed by atoms with Crippen molar-refractivity contribution in [2.45, 2.75) is 25.3 Å². The molecule has 0 unspecified atom stereocenters. The van der Waals surface area contributed by atoms with Gasteiger partial charge in [0.15, 0.2) is 0 Å². The summed E-state index contributed by atoms with van der Waals surface area (Å²) in [6.07, 6.45) is 4.65. The highest BCUT2D eigenvalue weighted by Crippen LogP contribution is 2.18. The molecule has 2 rings (SSSR count). The van der Waals surface area contributed by atoms with Crippen LogP contribution in [-0.4, -0.2) is 43.3 Å². The number of hydrogen-bond donors (Lipinski definition) is 4. The molecule has 27 heavy (non-hydrogen) atoms. The summed E-state index contributed by atoms with van der Waals surface area (Å²) in [6, 6.07) is 7.22.